The Kier molecular flexibility index (Phi) is 10.8. The minimum absolute atomic E-state index is 0.329. The Hall–Kier alpha value is -2.66. The standard InChI is InChI=1S/C21H18ClNO2.C12H23N/c22-19-14-8-7-9-16(19)15-23-21(20(24)25,17-10-3-1-4-11-17)18-12-5-2-6-13-18;1-3-7-11(8-4-1)13-12-9-5-2-6-10-12/h1-14,23H,15H2,(H,24,25);11-13H,1-10H2. The van der Waals surface area contributed by atoms with Crippen molar-refractivity contribution in [1.82, 2.24) is 10.6 Å². The van der Waals surface area contributed by atoms with Crippen molar-refractivity contribution in [3.05, 3.63) is 107 Å². The number of carbonyl (C=O) groups is 1. The highest BCUT2D eigenvalue weighted by Gasteiger charge is 2.41. The quantitative estimate of drug-likeness (QED) is 0.278. The summed E-state index contributed by atoms with van der Waals surface area (Å²) in [5.74, 6) is -0.961. The molecule has 0 unspecified atom stereocenters. The molecule has 0 spiro atoms. The third-order valence-electron chi connectivity index (χ3n) is 7.92. The second kappa shape index (κ2) is 14.5. The van der Waals surface area contributed by atoms with Crippen molar-refractivity contribution in [3.63, 3.8) is 0 Å². The Morgan fingerprint density at radius 1 is 0.711 bits per heavy atom. The molecule has 0 heterocycles. The number of carboxylic acid groups (broad SMARTS) is 1. The molecule has 0 radical (unpaired) electrons. The highest BCUT2D eigenvalue weighted by atomic mass is 35.5. The second-order valence-electron chi connectivity index (χ2n) is 10.6. The Morgan fingerprint density at radius 3 is 1.61 bits per heavy atom. The van der Waals surface area contributed by atoms with E-state index in [0.717, 1.165) is 17.6 Å². The average molecular weight is 533 g/mol. The SMILES string of the molecule is C1CCC(NC2CCCCC2)CC1.O=C(O)C(NCc1ccccc1Cl)(c1ccccc1)c1ccccc1. The second-order valence-corrected chi connectivity index (χ2v) is 11.0. The van der Waals surface area contributed by atoms with Crippen molar-refractivity contribution in [1.29, 1.82) is 0 Å². The van der Waals surface area contributed by atoms with Gasteiger partial charge in [0.2, 0.25) is 0 Å². The molecule has 2 saturated carbocycles. The number of benzene rings is 3. The van der Waals surface area contributed by atoms with E-state index in [4.69, 9.17) is 11.6 Å². The summed E-state index contributed by atoms with van der Waals surface area (Å²) in [5, 5.41) is 17.9. The molecule has 202 valence electrons. The monoisotopic (exact) mass is 532 g/mol. The minimum Gasteiger partial charge on any atom is -0.479 e. The highest BCUT2D eigenvalue weighted by molar-refractivity contribution is 6.31. The molecule has 0 bridgehead atoms. The van der Waals surface area contributed by atoms with E-state index in [1.807, 2.05) is 78.9 Å². The van der Waals surface area contributed by atoms with Gasteiger partial charge in [-0.2, -0.15) is 0 Å². The predicted octanol–water partition coefficient (Wildman–Crippen LogP) is 7.70. The number of aliphatic carboxylic acids is 1. The maximum Gasteiger partial charge on any atom is 0.333 e. The van der Waals surface area contributed by atoms with E-state index in [0.29, 0.717) is 22.7 Å². The predicted molar refractivity (Wildman–Crippen MR) is 156 cm³/mol. The summed E-state index contributed by atoms with van der Waals surface area (Å²) in [6.45, 7) is 0.329. The van der Waals surface area contributed by atoms with Gasteiger partial charge in [0.15, 0.2) is 5.54 Å². The molecule has 3 N–H and O–H groups in total. The zero-order valence-electron chi connectivity index (χ0n) is 22.2. The summed E-state index contributed by atoms with van der Waals surface area (Å²) in [5.41, 5.74) is 0.824. The van der Waals surface area contributed by atoms with Gasteiger partial charge in [0.05, 0.1) is 0 Å². The van der Waals surface area contributed by atoms with Gasteiger partial charge in [-0.15, -0.1) is 0 Å². The number of hydrogen-bond acceptors (Lipinski definition) is 3. The summed E-state index contributed by atoms with van der Waals surface area (Å²) in [6, 6.07) is 27.5. The molecule has 3 aromatic rings. The van der Waals surface area contributed by atoms with E-state index in [9.17, 15) is 9.90 Å². The van der Waals surface area contributed by atoms with Crippen LogP contribution in [0.4, 0.5) is 0 Å². The molecular weight excluding hydrogens is 492 g/mol. The van der Waals surface area contributed by atoms with Crippen LogP contribution in [-0.2, 0) is 16.9 Å². The lowest BCUT2D eigenvalue weighted by Crippen LogP contribution is -2.49. The van der Waals surface area contributed by atoms with Gasteiger partial charge in [0.25, 0.3) is 0 Å². The van der Waals surface area contributed by atoms with Crippen LogP contribution in [0.15, 0.2) is 84.9 Å². The first-order valence-electron chi connectivity index (χ1n) is 14.2. The summed E-state index contributed by atoms with van der Waals surface area (Å²) in [7, 11) is 0. The number of carboxylic acids is 1. The van der Waals surface area contributed by atoms with Crippen molar-refractivity contribution < 1.29 is 9.90 Å². The third kappa shape index (κ3) is 7.47. The molecule has 5 heteroatoms. The van der Waals surface area contributed by atoms with Crippen molar-refractivity contribution in [2.24, 2.45) is 0 Å². The van der Waals surface area contributed by atoms with Crippen LogP contribution in [0.1, 0.15) is 80.9 Å². The summed E-state index contributed by atoms with van der Waals surface area (Å²) in [4.78, 5) is 12.4. The van der Waals surface area contributed by atoms with E-state index >= 15 is 0 Å². The average Bonchev–Trinajstić information content (AvgIpc) is 2.97. The molecule has 38 heavy (non-hydrogen) atoms. The van der Waals surface area contributed by atoms with Gasteiger partial charge in [-0.05, 0) is 48.4 Å². The van der Waals surface area contributed by atoms with Gasteiger partial charge < -0.3 is 10.4 Å². The Morgan fingerprint density at radius 2 is 1.16 bits per heavy atom. The van der Waals surface area contributed by atoms with Gasteiger partial charge in [-0.3, -0.25) is 5.32 Å². The molecule has 0 amide bonds. The fraction of sp³-hybridized carbons (Fsp3) is 0.424. The van der Waals surface area contributed by atoms with Crippen molar-refractivity contribution in [2.45, 2.75) is 88.4 Å². The topological polar surface area (TPSA) is 61.4 Å². The van der Waals surface area contributed by atoms with Crippen LogP contribution in [0.3, 0.4) is 0 Å². The molecule has 0 aromatic heterocycles. The largest absolute Gasteiger partial charge is 0.479 e. The van der Waals surface area contributed by atoms with Crippen molar-refractivity contribution in [3.8, 4) is 0 Å². The van der Waals surface area contributed by atoms with Crippen LogP contribution in [0.5, 0.6) is 0 Å². The molecule has 5 rings (SSSR count). The van der Waals surface area contributed by atoms with E-state index in [-0.39, 0.29) is 0 Å². The molecule has 4 nitrogen and oxygen atoms in total. The zero-order valence-corrected chi connectivity index (χ0v) is 23.0. The number of nitrogens with one attached hydrogen (secondary N) is 2. The van der Waals surface area contributed by atoms with Gasteiger partial charge in [0.1, 0.15) is 0 Å². The van der Waals surface area contributed by atoms with Crippen LogP contribution < -0.4 is 10.6 Å². The fourth-order valence-electron chi connectivity index (χ4n) is 5.81. The Labute approximate surface area is 232 Å². The maximum absolute atomic E-state index is 12.4. The van der Waals surface area contributed by atoms with Crippen LogP contribution in [0, 0.1) is 0 Å². The molecular formula is C33H41ClN2O2. The number of halogens is 1. The molecule has 2 aliphatic carbocycles. The lowest BCUT2D eigenvalue weighted by atomic mass is 9.82. The molecule has 0 saturated heterocycles. The lowest BCUT2D eigenvalue weighted by Gasteiger charge is -2.32. The fourth-order valence-corrected chi connectivity index (χ4v) is 6.01. The van der Waals surface area contributed by atoms with E-state index < -0.39 is 11.5 Å². The number of hydrogen-bond donors (Lipinski definition) is 3. The van der Waals surface area contributed by atoms with E-state index in [1.54, 1.807) is 6.07 Å². The first kappa shape index (κ1) is 28.4. The van der Waals surface area contributed by atoms with Gasteiger partial charge in [-0.25, -0.2) is 4.79 Å². The normalized spacial score (nSPS) is 16.9. The lowest BCUT2D eigenvalue weighted by molar-refractivity contribution is -0.143. The molecule has 0 aliphatic heterocycles. The van der Waals surface area contributed by atoms with Gasteiger partial charge >= 0.3 is 5.97 Å². The minimum atomic E-state index is -1.36. The molecule has 2 aliphatic rings. The first-order chi connectivity index (χ1) is 18.6. The maximum atomic E-state index is 12.4. The Balaban J connectivity index is 0.000000216. The summed E-state index contributed by atoms with van der Waals surface area (Å²) < 4.78 is 0. The highest BCUT2D eigenvalue weighted by Crippen LogP contribution is 2.31. The molecule has 0 atom stereocenters. The van der Waals surface area contributed by atoms with Crippen molar-refractivity contribution in [2.75, 3.05) is 0 Å². The van der Waals surface area contributed by atoms with Crippen LogP contribution >= 0.6 is 11.6 Å². The van der Waals surface area contributed by atoms with Crippen LogP contribution in [-0.4, -0.2) is 23.2 Å². The smallest absolute Gasteiger partial charge is 0.333 e. The van der Waals surface area contributed by atoms with E-state index in [2.05, 4.69) is 10.6 Å². The zero-order chi connectivity index (χ0) is 26.6. The van der Waals surface area contributed by atoms with Crippen LogP contribution in [0.25, 0.3) is 0 Å². The molecule has 2 fully saturated rings. The summed E-state index contributed by atoms with van der Waals surface area (Å²) >= 11 is 6.24. The third-order valence-corrected chi connectivity index (χ3v) is 8.29. The summed E-state index contributed by atoms with van der Waals surface area (Å²) in [6.07, 6.45) is 14.6. The van der Waals surface area contributed by atoms with Gasteiger partial charge in [-0.1, -0.05) is 129 Å². The Bertz CT molecular complexity index is 1050. The first-order valence-corrected chi connectivity index (χ1v) is 14.6. The van der Waals surface area contributed by atoms with Crippen LogP contribution in [0.2, 0.25) is 5.02 Å². The number of rotatable bonds is 8. The van der Waals surface area contributed by atoms with E-state index in [1.165, 1.54) is 64.2 Å². The van der Waals surface area contributed by atoms with Crippen molar-refractivity contribution >= 4 is 17.6 Å². The van der Waals surface area contributed by atoms with Gasteiger partial charge in [0, 0.05) is 23.7 Å². The molecule has 3 aromatic carbocycles.